The first-order valence-electron chi connectivity index (χ1n) is 7.68. The molecule has 0 amide bonds. The molecular formula is C17H28ClNO2. The molecule has 0 saturated heterocycles. The molecule has 0 saturated carbocycles. The molecule has 0 aliphatic heterocycles. The molecular weight excluding hydrogens is 286 g/mol. The topological polar surface area (TPSA) is 32.7 Å². The van der Waals surface area contributed by atoms with Gasteiger partial charge in [0.25, 0.3) is 0 Å². The predicted octanol–water partition coefficient (Wildman–Crippen LogP) is 3.85. The Morgan fingerprint density at radius 2 is 1.95 bits per heavy atom. The average molecular weight is 314 g/mol. The second-order valence-corrected chi connectivity index (χ2v) is 6.25. The Morgan fingerprint density at radius 3 is 2.48 bits per heavy atom. The molecule has 1 aromatic carbocycles. The Labute approximate surface area is 133 Å². The lowest BCUT2D eigenvalue weighted by molar-refractivity contribution is 0.129. The first-order valence-corrected chi connectivity index (χ1v) is 8.06. The molecule has 4 heteroatoms. The zero-order chi connectivity index (χ0) is 16.0. The number of benzene rings is 1. The van der Waals surface area contributed by atoms with Crippen LogP contribution in [0.3, 0.4) is 0 Å². The summed E-state index contributed by atoms with van der Waals surface area (Å²) < 4.78 is 6.14. The third-order valence-corrected chi connectivity index (χ3v) is 4.03. The summed E-state index contributed by atoms with van der Waals surface area (Å²) in [6.07, 6.45) is 0.0644. The molecule has 0 radical (unpaired) electrons. The molecule has 21 heavy (non-hydrogen) atoms. The van der Waals surface area contributed by atoms with Gasteiger partial charge in [-0.1, -0.05) is 32.4 Å². The van der Waals surface area contributed by atoms with Crippen LogP contribution in [0.15, 0.2) is 12.1 Å². The number of rotatable bonds is 8. The number of likely N-dealkylation sites (N-methyl/N-ethyl adjacent to an activating group) is 1. The molecule has 0 aliphatic rings. The molecule has 0 aromatic heterocycles. The molecule has 0 bridgehead atoms. The van der Waals surface area contributed by atoms with E-state index in [0.29, 0.717) is 12.5 Å². The van der Waals surface area contributed by atoms with E-state index in [0.717, 1.165) is 35.0 Å². The highest BCUT2D eigenvalue weighted by molar-refractivity contribution is 6.31. The van der Waals surface area contributed by atoms with E-state index in [1.54, 1.807) is 0 Å². The fraction of sp³-hybridized carbons (Fsp3) is 0.647. The van der Waals surface area contributed by atoms with Crippen LogP contribution in [0, 0.1) is 6.92 Å². The zero-order valence-corrected chi connectivity index (χ0v) is 14.6. The number of aliphatic hydroxyl groups excluding tert-OH is 1. The van der Waals surface area contributed by atoms with Crippen molar-refractivity contribution >= 4 is 11.6 Å². The van der Waals surface area contributed by atoms with Crippen molar-refractivity contribution in [2.24, 2.45) is 0 Å². The van der Waals surface area contributed by atoms with Crippen molar-refractivity contribution in [2.75, 3.05) is 26.2 Å². The van der Waals surface area contributed by atoms with Gasteiger partial charge in [0.1, 0.15) is 11.9 Å². The quantitative estimate of drug-likeness (QED) is 0.791. The number of hydrogen-bond donors (Lipinski definition) is 1. The van der Waals surface area contributed by atoms with Crippen LogP contribution < -0.4 is 4.74 Å². The largest absolute Gasteiger partial charge is 0.489 e. The zero-order valence-electron chi connectivity index (χ0n) is 13.8. The summed E-state index contributed by atoms with van der Waals surface area (Å²) in [4.78, 5) is 2.18. The van der Waals surface area contributed by atoms with Gasteiger partial charge in [0.15, 0.2) is 0 Å². The van der Waals surface area contributed by atoms with Crippen LogP contribution >= 0.6 is 11.6 Å². The van der Waals surface area contributed by atoms with Crippen LogP contribution in [-0.2, 0) is 0 Å². The van der Waals surface area contributed by atoms with Gasteiger partial charge in [0.2, 0.25) is 0 Å². The molecule has 0 fully saturated rings. The Bertz CT molecular complexity index is 449. The summed E-state index contributed by atoms with van der Waals surface area (Å²) >= 11 is 6.22. The molecule has 1 aromatic rings. The van der Waals surface area contributed by atoms with Crippen molar-refractivity contribution < 1.29 is 9.84 Å². The lowest BCUT2D eigenvalue weighted by Gasteiger charge is -2.26. The van der Waals surface area contributed by atoms with Gasteiger partial charge in [-0.3, -0.25) is 4.90 Å². The van der Waals surface area contributed by atoms with E-state index in [1.165, 1.54) is 0 Å². The maximum absolute atomic E-state index is 9.06. The minimum absolute atomic E-state index is 0.0644. The Hall–Kier alpha value is -0.770. The van der Waals surface area contributed by atoms with E-state index in [2.05, 4.69) is 32.6 Å². The van der Waals surface area contributed by atoms with E-state index in [9.17, 15) is 0 Å². The van der Waals surface area contributed by atoms with Crippen molar-refractivity contribution in [3.05, 3.63) is 28.3 Å². The fourth-order valence-electron chi connectivity index (χ4n) is 2.36. The minimum atomic E-state index is 0.0644. The van der Waals surface area contributed by atoms with E-state index in [4.69, 9.17) is 21.4 Å². The van der Waals surface area contributed by atoms with Crippen molar-refractivity contribution in [2.45, 2.75) is 46.6 Å². The molecule has 0 aliphatic carbocycles. The number of aliphatic hydroxyl groups is 1. The van der Waals surface area contributed by atoms with Gasteiger partial charge in [-0.05, 0) is 49.6 Å². The summed E-state index contributed by atoms with van der Waals surface area (Å²) in [6.45, 7) is 13.0. The highest BCUT2D eigenvalue weighted by atomic mass is 35.5. The normalized spacial score (nSPS) is 13.0. The van der Waals surface area contributed by atoms with Crippen LogP contribution in [-0.4, -0.2) is 42.4 Å². The van der Waals surface area contributed by atoms with Gasteiger partial charge >= 0.3 is 0 Å². The van der Waals surface area contributed by atoms with Crippen molar-refractivity contribution in [3.63, 3.8) is 0 Å². The maximum Gasteiger partial charge on any atom is 0.123 e. The molecule has 0 spiro atoms. The second kappa shape index (κ2) is 8.62. The smallest absolute Gasteiger partial charge is 0.123 e. The number of hydrogen-bond acceptors (Lipinski definition) is 3. The lowest BCUT2D eigenvalue weighted by atomic mass is 10.0. The Balaban J connectivity index is 2.83. The Morgan fingerprint density at radius 1 is 1.29 bits per heavy atom. The molecule has 1 N–H and O–H groups in total. The number of halogens is 1. The summed E-state index contributed by atoms with van der Waals surface area (Å²) in [6, 6.07) is 4.03. The highest BCUT2D eigenvalue weighted by Gasteiger charge is 2.15. The van der Waals surface area contributed by atoms with Gasteiger partial charge in [-0.15, -0.1) is 0 Å². The van der Waals surface area contributed by atoms with Crippen molar-refractivity contribution in [1.29, 1.82) is 0 Å². The summed E-state index contributed by atoms with van der Waals surface area (Å²) in [5, 5.41) is 9.84. The molecule has 120 valence electrons. The average Bonchev–Trinajstić information content (AvgIpc) is 2.41. The van der Waals surface area contributed by atoms with Gasteiger partial charge in [0, 0.05) is 18.1 Å². The van der Waals surface area contributed by atoms with Crippen LogP contribution in [0.5, 0.6) is 5.75 Å². The number of ether oxygens (including phenoxy) is 1. The summed E-state index contributed by atoms with van der Waals surface area (Å²) in [5.41, 5.74) is 2.17. The van der Waals surface area contributed by atoms with Crippen LogP contribution in [0.2, 0.25) is 5.02 Å². The molecule has 1 unspecified atom stereocenters. The summed E-state index contributed by atoms with van der Waals surface area (Å²) in [7, 11) is 0. The van der Waals surface area contributed by atoms with E-state index in [1.807, 2.05) is 19.1 Å². The fourth-order valence-corrected chi connectivity index (χ4v) is 2.53. The lowest BCUT2D eigenvalue weighted by Crippen LogP contribution is -2.35. The van der Waals surface area contributed by atoms with Crippen LogP contribution in [0.25, 0.3) is 0 Å². The SMILES string of the molecule is CCN(CCO)CC(C)Oc1cc(C)c(Cl)cc1C(C)C. The van der Waals surface area contributed by atoms with Gasteiger partial charge in [-0.2, -0.15) is 0 Å². The van der Waals surface area contributed by atoms with Crippen LogP contribution in [0.4, 0.5) is 0 Å². The maximum atomic E-state index is 9.06. The third-order valence-electron chi connectivity index (χ3n) is 3.62. The second-order valence-electron chi connectivity index (χ2n) is 5.84. The molecule has 1 atom stereocenters. The standard InChI is InChI=1S/C17H28ClNO2/c1-6-19(7-8-20)11-14(5)21-17-9-13(4)16(18)10-15(17)12(2)3/h9-10,12,14,20H,6-8,11H2,1-5H3. The monoisotopic (exact) mass is 313 g/mol. The Kier molecular flexibility index (Phi) is 7.50. The first kappa shape index (κ1) is 18.3. The molecule has 0 heterocycles. The van der Waals surface area contributed by atoms with E-state index in [-0.39, 0.29) is 12.7 Å². The number of aryl methyl sites for hydroxylation is 1. The third kappa shape index (κ3) is 5.50. The van der Waals surface area contributed by atoms with E-state index >= 15 is 0 Å². The van der Waals surface area contributed by atoms with Gasteiger partial charge in [-0.25, -0.2) is 0 Å². The van der Waals surface area contributed by atoms with E-state index < -0.39 is 0 Å². The summed E-state index contributed by atoms with van der Waals surface area (Å²) in [5.74, 6) is 1.28. The highest BCUT2D eigenvalue weighted by Crippen LogP contribution is 2.32. The minimum Gasteiger partial charge on any atom is -0.489 e. The molecule has 3 nitrogen and oxygen atoms in total. The van der Waals surface area contributed by atoms with Gasteiger partial charge < -0.3 is 9.84 Å². The van der Waals surface area contributed by atoms with Crippen molar-refractivity contribution in [1.82, 2.24) is 4.90 Å². The van der Waals surface area contributed by atoms with Crippen molar-refractivity contribution in [3.8, 4) is 5.75 Å². The number of nitrogens with zero attached hydrogens (tertiary/aromatic N) is 1. The molecule has 1 rings (SSSR count). The first-order chi connectivity index (χ1) is 9.88. The predicted molar refractivity (Wildman–Crippen MR) is 89.6 cm³/mol. The van der Waals surface area contributed by atoms with Crippen LogP contribution in [0.1, 0.15) is 44.7 Å². The van der Waals surface area contributed by atoms with Gasteiger partial charge in [0.05, 0.1) is 6.61 Å².